The minimum absolute atomic E-state index is 0.521. The van der Waals surface area contributed by atoms with Gasteiger partial charge in [0.1, 0.15) is 11.5 Å². The first kappa shape index (κ1) is 8.38. The van der Waals surface area contributed by atoms with E-state index in [9.17, 15) is 0 Å². The number of hydrogen-bond donors (Lipinski definition) is 1. The van der Waals surface area contributed by atoms with Gasteiger partial charge in [0.05, 0.1) is 13.7 Å². The number of ether oxygens (including phenoxy) is 2. The van der Waals surface area contributed by atoms with E-state index in [0.29, 0.717) is 6.54 Å². The average Bonchev–Trinajstić information content (AvgIpc) is 2.63. The fourth-order valence-corrected chi connectivity index (χ4v) is 1.61. The second-order valence-electron chi connectivity index (χ2n) is 3.08. The minimum Gasteiger partial charge on any atom is -0.496 e. The van der Waals surface area contributed by atoms with Crippen LogP contribution < -0.4 is 15.2 Å². The molecule has 1 aromatic carbocycles. The van der Waals surface area contributed by atoms with E-state index in [1.54, 1.807) is 7.11 Å². The molecule has 1 aliphatic rings. The monoisotopic (exact) mass is 179 g/mol. The van der Waals surface area contributed by atoms with E-state index in [1.165, 1.54) is 5.56 Å². The summed E-state index contributed by atoms with van der Waals surface area (Å²) in [6.45, 7) is 1.27. The zero-order valence-corrected chi connectivity index (χ0v) is 7.67. The van der Waals surface area contributed by atoms with Crippen LogP contribution in [-0.2, 0) is 13.0 Å². The molecule has 0 unspecified atom stereocenters. The Kier molecular flexibility index (Phi) is 2.10. The lowest BCUT2D eigenvalue weighted by molar-refractivity contribution is 0.356. The molecular formula is C10H13NO2. The molecule has 0 radical (unpaired) electrons. The number of nitrogens with two attached hydrogens (primary N) is 1. The van der Waals surface area contributed by atoms with Crippen LogP contribution in [0.25, 0.3) is 0 Å². The van der Waals surface area contributed by atoms with Gasteiger partial charge < -0.3 is 15.2 Å². The van der Waals surface area contributed by atoms with Gasteiger partial charge >= 0.3 is 0 Å². The van der Waals surface area contributed by atoms with Crippen molar-refractivity contribution in [2.45, 2.75) is 13.0 Å². The molecule has 0 amide bonds. The SMILES string of the molecule is COc1cc(CN)cc2c1CCO2. The van der Waals surface area contributed by atoms with Gasteiger partial charge in [0, 0.05) is 18.5 Å². The number of benzene rings is 1. The van der Waals surface area contributed by atoms with Gasteiger partial charge in [-0.2, -0.15) is 0 Å². The Hall–Kier alpha value is -1.22. The Morgan fingerprint density at radius 1 is 1.54 bits per heavy atom. The van der Waals surface area contributed by atoms with Crippen LogP contribution in [0, 0.1) is 0 Å². The zero-order chi connectivity index (χ0) is 9.26. The number of methoxy groups -OCH3 is 1. The van der Waals surface area contributed by atoms with E-state index in [-0.39, 0.29) is 0 Å². The summed E-state index contributed by atoms with van der Waals surface area (Å²) in [6.07, 6.45) is 0.934. The van der Waals surface area contributed by atoms with Crippen LogP contribution in [0.1, 0.15) is 11.1 Å². The zero-order valence-electron chi connectivity index (χ0n) is 7.67. The highest BCUT2D eigenvalue weighted by Crippen LogP contribution is 2.34. The van der Waals surface area contributed by atoms with E-state index in [4.69, 9.17) is 15.2 Å². The smallest absolute Gasteiger partial charge is 0.126 e. The summed E-state index contributed by atoms with van der Waals surface area (Å²) in [5, 5.41) is 0. The van der Waals surface area contributed by atoms with Crippen LogP contribution in [0.15, 0.2) is 12.1 Å². The molecule has 0 bridgehead atoms. The van der Waals surface area contributed by atoms with E-state index >= 15 is 0 Å². The Labute approximate surface area is 77.5 Å². The van der Waals surface area contributed by atoms with Gasteiger partial charge in [0.2, 0.25) is 0 Å². The fourth-order valence-electron chi connectivity index (χ4n) is 1.61. The Balaban J connectivity index is 2.49. The summed E-state index contributed by atoms with van der Waals surface area (Å²) in [5.41, 5.74) is 7.78. The molecule has 3 heteroatoms. The summed E-state index contributed by atoms with van der Waals surface area (Å²) >= 11 is 0. The highest BCUT2D eigenvalue weighted by Gasteiger charge is 2.17. The van der Waals surface area contributed by atoms with Crippen LogP contribution in [-0.4, -0.2) is 13.7 Å². The van der Waals surface area contributed by atoms with Gasteiger partial charge in [0.15, 0.2) is 0 Å². The lowest BCUT2D eigenvalue weighted by Gasteiger charge is -2.07. The molecule has 2 rings (SSSR count). The van der Waals surface area contributed by atoms with Crippen LogP contribution in [0.5, 0.6) is 11.5 Å². The third-order valence-electron chi connectivity index (χ3n) is 2.29. The lowest BCUT2D eigenvalue weighted by atomic mass is 10.1. The number of rotatable bonds is 2. The molecule has 0 atom stereocenters. The van der Waals surface area contributed by atoms with E-state index in [2.05, 4.69) is 0 Å². The molecular weight excluding hydrogens is 166 g/mol. The Morgan fingerprint density at radius 3 is 3.08 bits per heavy atom. The maximum Gasteiger partial charge on any atom is 0.126 e. The van der Waals surface area contributed by atoms with E-state index in [0.717, 1.165) is 30.1 Å². The Morgan fingerprint density at radius 2 is 2.38 bits per heavy atom. The largest absolute Gasteiger partial charge is 0.496 e. The predicted molar refractivity (Wildman–Crippen MR) is 50.1 cm³/mol. The van der Waals surface area contributed by atoms with Crippen LogP contribution >= 0.6 is 0 Å². The third-order valence-corrected chi connectivity index (χ3v) is 2.29. The molecule has 1 heterocycles. The first-order valence-electron chi connectivity index (χ1n) is 4.38. The van der Waals surface area contributed by atoms with Gasteiger partial charge in [-0.1, -0.05) is 0 Å². The molecule has 0 spiro atoms. The van der Waals surface area contributed by atoms with Crippen molar-refractivity contribution in [2.24, 2.45) is 5.73 Å². The molecule has 0 aliphatic carbocycles. The van der Waals surface area contributed by atoms with Crippen molar-refractivity contribution >= 4 is 0 Å². The van der Waals surface area contributed by atoms with Crippen molar-refractivity contribution < 1.29 is 9.47 Å². The quantitative estimate of drug-likeness (QED) is 0.739. The van der Waals surface area contributed by atoms with Crippen molar-refractivity contribution in [3.05, 3.63) is 23.3 Å². The van der Waals surface area contributed by atoms with Gasteiger partial charge in [-0.3, -0.25) is 0 Å². The van der Waals surface area contributed by atoms with Crippen LogP contribution in [0.2, 0.25) is 0 Å². The van der Waals surface area contributed by atoms with E-state index in [1.807, 2.05) is 12.1 Å². The van der Waals surface area contributed by atoms with Gasteiger partial charge in [-0.05, 0) is 17.7 Å². The summed E-state index contributed by atoms with van der Waals surface area (Å²) in [5.74, 6) is 1.83. The molecule has 0 fully saturated rings. The third kappa shape index (κ3) is 1.35. The Bertz CT molecular complexity index is 323. The fraction of sp³-hybridized carbons (Fsp3) is 0.400. The van der Waals surface area contributed by atoms with Gasteiger partial charge in [-0.15, -0.1) is 0 Å². The van der Waals surface area contributed by atoms with Crippen molar-refractivity contribution in [2.75, 3.05) is 13.7 Å². The topological polar surface area (TPSA) is 44.5 Å². The first-order valence-corrected chi connectivity index (χ1v) is 4.38. The number of hydrogen-bond acceptors (Lipinski definition) is 3. The molecule has 0 saturated heterocycles. The maximum absolute atomic E-state index is 5.56. The molecule has 13 heavy (non-hydrogen) atoms. The van der Waals surface area contributed by atoms with E-state index < -0.39 is 0 Å². The van der Waals surface area contributed by atoms with Gasteiger partial charge in [-0.25, -0.2) is 0 Å². The maximum atomic E-state index is 5.56. The molecule has 2 N–H and O–H groups in total. The molecule has 70 valence electrons. The lowest BCUT2D eigenvalue weighted by Crippen LogP contribution is -1.98. The first-order chi connectivity index (χ1) is 6.35. The molecule has 1 aromatic rings. The molecule has 0 aromatic heterocycles. The summed E-state index contributed by atoms with van der Waals surface area (Å²) in [6, 6.07) is 3.97. The molecule has 3 nitrogen and oxygen atoms in total. The minimum atomic E-state index is 0.521. The summed E-state index contributed by atoms with van der Waals surface area (Å²) < 4.78 is 10.7. The molecule has 0 saturated carbocycles. The predicted octanol–water partition coefficient (Wildman–Crippen LogP) is 1.09. The molecule has 1 aliphatic heterocycles. The highest BCUT2D eigenvalue weighted by molar-refractivity contribution is 5.50. The normalized spacial score (nSPS) is 13.7. The summed E-state index contributed by atoms with van der Waals surface area (Å²) in [4.78, 5) is 0. The second-order valence-corrected chi connectivity index (χ2v) is 3.08. The van der Waals surface area contributed by atoms with Crippen molar-refractivity contribution in [1.82, 2.24) is 0 Å². The standard InChI is InChI=1S/C10H13NO2/c1-12-9-4-7(6-11)5-10-8(9)2-3-13-10/h4-5H,2-3,6,11H2,1H3. The van der Waals surface area contributed by atoms with Crippen molar-refractivity contribution in [3.63, 3.8) is 0 Å². The second kappa shape index (κ2) is 3.26. The van der Waals surface area contributed by atoms with Crippen LogP contribution in [0.4, 0.5) is 0 Å². The van der Waals surface area contributed by atoms with Gasteiger partial charge in [0.25, 0.3) is 0 Å². The average molecular weight is 179 g/mol. The van der Waals surface area contributed by atoms with Crippen LogP contribution in [0.3, 0.4) is 0 Å². The highest BCUT2D eigenvalue weighted by atomic mass is 16.5. The summed E-state index contributed by atoms with van der Waals surface area (Å²) in [7, 11) is 1.67. The van der Waals surface area contributed by atoms with Crippen molar-refractivity contribution in [1.29, 1.82) is 0 Å². The van der Waals surface area contributed by atoms with Crippen molar-refractivity contribution in [3.8, 4) is 11.5 Å². The number of fused-ring (bicyclic) bond motifs is 1.